The molecule has 5 nitrogen and oxygen atoms in total. The van der Waals surface area contributed by atoms with Gasteiger partial charge in [0.05, 0.1) is 5.52 Å². The van der Waals surface area contributed by atoms with E-state index in [1.807, 2.05) is 18.2 Å². The van der Waals surface area contributed by atoms with Gasteiger partial charge in [-0.3, -0.25) is 9.89 Å². The van der Waals surface area contributed by atoms with Crippen molar-refractivity contribution in [2.24, 2.45) is 5.73 Å². The number of hydrogen-bond donors (Lipinski definition) is 2. The molecule has 5 heteroatoms. The van der Waals surface area contributed by atoms with E-state index in [9.17, 15) is 4.79 Å². The van der Waals surface area contributed by atoms with E-state index in [0.717, 1.165) is 16.6 Å². The number of nitrogens with two attached hydrogens (primary N) is 1. The fraction of sp³-hybridized carbons (Fsp3) is 0.222. The molecule has 0 bridgehead atoms. The molecule has 0 aliphatic carbocycles. The van der Waals surface area contributed by atoms with Gasteiger partial charge in [0.2, 0.25) is 5.91 Å². The fourth-order valence-corrected chi connectivity index (χ4v) is 1.39. The average Bonchev–Trinajstić information content (AvgIpc) is 2.62. The van der Waals surface area contributed by atoms with Crippen LogP contribution in [0.4, 0.5) is 0 Å². The van der Waals surface area contributed by atoms with E-state index in [2.05, 4.69) is 15.4 Å². The number of amides is 1. The molecular formula is C9H10N4O. The lowest BCUT2D eigenvalue weighted by Gasteiger charge is -1.98. The van der Waals surface area contributed by atoms with Crippen LogP contribution in [0.2, 0.25) is 0 Å². The zero-order valence-corrected chi connectivity index (χ0v) is 7.53. The van der Waals surface area contributed by atoms with E-state index in [0.29, 0.717) is 12.8 Å². The van der Waals surface area contributed by atoms with Gasteiger partial charge in [-0.05, 0) is 18.1 Å². The molecule has 72 valence electrons. The van der Waals surface area contributed by atoms with Crippen LogP contribution in [-0.2, 0) is 11.2 Å². The first-order valence-corrected chi connectivity index (χ1v) is 4.34. The summed E-state index contributed by atoms with van der Waals surface area (Å²) in [6.07, 6.45) is 0.950. The summed E-state index contributed by atoms with van der Waals surface area (Å²) < 4.78 is 0. The van der Waals surface area contributed by atoms with Crippen molar-refractivity contribution in [2.45, 2.75) is 12.8 Å². The van der Waals surface area contributed by atoms with Crippen LogP contribution in [0.3, 0.4) is 0 Å². The molecule has 14 heavy (non-hydrogen) atoms. The molecule has 0 radical (unpaired) electrons. The second kappa shape index (κ2) is 3.45. The predicted molar refractivity (Wildman–Crippen MR) is 51.4 cm³/mol. The highest BCUT2D eigenvalue weighted by molar-refractivity contribution is 5.79. The van der Waals surface area contributed by atoms with Crippen LogP contribution in [0.15, 0.2) is 18.2 Å². The summed E-state index contributed by atoms with van der Waals surface area (Å²) in [4.78, 5) is 10.6. The molecule has 0 spiro atoms. The first-order valence-electron chi connectivity index (χ1n) is 4.34. The minimum atomic E-state index is -0.300. The van der Waals surface area contributed by atoms with Crippen LogP contribution in [0.1, 0.15) is 12.0 Å². The Morgan fingerprint density at radius 2 is 2.36 bits per heavy atom. The highest BCUT2D eigenvalue weighted by atomic mass is 16.1. The third kappa shape index (κ3) is 1.56. The van der Waals surface area contributed by atoms with Crippen LogP contribution < -0.4 is 5.73 Å². The van der Waals surface area contributed by atoms with E-state index in [1.54, 1.807) is 0 Å². The van der Waals surface area contributed by atoms with Gasteiger partial charge in [-0.25, -0.2) is 0 Å². The normalized spacial score (nSPS) is 10.6. The molecule has 1 aromatic carbocycles. The maximum Gasteiger partial charge on any atom is 0.217 e. The number of hydrogen-bond acceptors (Lipinski definition) is 3. The molecule has 0 saturated heterocycles. The monoisotopic (exact) mass is 190 g/mol. The number of carbonyl (C=O) groups is 1. The Balaban J connectivity index is 2.32. The molecule has 3 N–H and O–H groups in total. The number of aryl methyl sites for hydroxylation is 1. The van der Waals surface area contributed by atoms with E-state index in [4.69, 9.17) is 5.73 Å². The number of aromatic nitrogens is 3. The van der Waals surface area contributed by atoms with Crippen molar-refractivity contribution in [2.75, 3.05) is 0 Å². The lowest BCUT2D eigenvalue weighted by atomic mass is 10.1. The van der Waals surface area contributed by atoms with Crippen molar-refractivity contribution in [1.82, 2.24) is 15.4 Å². The van der Waals surface area contributed by atoms with Gasteiger partial charge < -0.3 is 5.73 Å². The Hall–Kier alpha value is -1.91. The van der Waals surface area contributed by atoms with Crippen molar-refractivity contribution in [3.8, 4) is 0 Å². The first-order chi connectivity index (χ1) is 6.77. The number of fused-ring (bicyclic) bond motifs is 1. The molecule has 0 saturated carbocycles. The average molecular weight is 190 g/mol. The maximum atomic E-state index is 10.6. The molecule has 0 aliphatic rings. The molecule has 0 unspecified atom stereocenters. The minimum absolute atomic E-state index is 0.300. The molecule has 2 aromatic rings. The van der Waals surface area contributed by atoms with Gasteiger partial charge in [0.1, 0.15) is 5.52 Å². The Morgan fingerprint density at radius 3 is 3.14 bits per heavy atom. The van der Waals surface area contributed by atoms with Gasteiger partial charge in [-0.1, -0.05) is 17.3 Å². The number of nitrogens with zero attached hydrogens (tertiary/aromatic N) is 2. The SMILES string of the molecule is NC(=O)CCc1cccc2[nH]nnc12. The van der Waals surface area contributed by atoms with Gasteiger partial charge in [0, 0.05) is 6.42 Å². The quantitative estimate of drug-likeness (QED) is 0.733. The fourth-order valence-electron chi connectivity index (χ4n) is 1.39. The number of aromatic amines is 1. The smallest absolute Gasteiger partial charge is 0.217 e. The lowest BCUT2D eigenvalue weighted by Crippen LogP contribution is -2.11. The highest BCUT2D eigenvalue weighted by Gasteiger charge is 2.04. The molecular weight excluding hydrogens is 180 g/mol. The van der Waals surface area contributed by atoms with E-state index in [-0.39, 0.29) is 5.91 Å². The van der Waals surface area contributed by atoms with Crippen molar-refractivity contribution < 1.29 is 4.79 Å². The summed E-state index contributed by atoms with van der Waals surface area (Å²) >= 11 is 0. The zero-order chi connectivity index (χ0) is 9.97. The highest BCUT2D eigenvalue weighted by Crippen LogP contribution is 2.14. The Kier molecular flexibility index (Phi) is 2.14. The van der Waals surface area contributed by atoms with Crippen molar-refractivity contribution in [1.29, 1.82) is 0 Å². The molecule has 0 atom stereocenters. The second-order valence-electron chi connectivity index (χ2n) is 3.09. The number of nitrogens with one attached hydrogen (secondary N) is 1. The molecule has 1 amide bonds. The summed E-state index contributed by atoms with van der Waals surface area (Å²) in [7, 11) is 0. The van der Waals surface area contributed by atoms with E-state index >= 15 is 0 Å². The van der Waals surface area contributed by atoms with Crippen LogP contribution in [-0.4, -0.2) is 21.3 Å². The summed E-state index contributed by atoms with van der Waals surface area (Å²) in [5.74, 6) is -0.300. The Morgan fingerprint density at radius 1 is 1.50 bits per heavy atom. The Labute approximate surface area is 80.3 Å². The van der Waals surface area contributed by atoms with Crippen LogP contribution in [0.5, 0.6) is 0 Å². The number of H-pyrrole nitrogens is 1. The summed E-state index contributed by atoms with van der Waals surface area (Å²) in [5, 5.41) is 10.4. The van der Waals surface area contributed by atoms with Gasteiger partial charge in [-0.15, -0.1) is 5.10 Å². The third-order valence-corrected chi connectivity index (χ3v) is 2.08. The number of benzene rings is 1. The minimum Gasteiger partial charge on any atom is -0.370 e. The standard InChI is InChI=1S/C9H10N4O/c10-8(14)5-4-6-2-1-3-7-9(6)12-13-11-7/h1-3H,4-5H2,(H2,10,14)(H,11,12,13). The van der Waals surface area contributed by atoms with Crippen molar-refractivity contribution in [3.63, 3.8) is 0 Å². The number of carbonyl (C=O) groups excluding carboxylic acids is 1. The lowest BCUT2D eigenvalue weighted by molar-refractivity contribution is -0.117. The topological polar surface area (TPSA) is 84.7 Å². The van der Waals surface area contributed by atoms with Crippen LogP contribution in [0.25, 0.3) is 11.0 Å². The number of rotatable bonds is 3. The molecule has 2 rings (SSSR count). The summed E-state index contributed by atoms with van der Waals surface area (Å²) in [5.41, 5.74) is 7.77. The summed E-state index contributed by atoms with van der Waals surface area (Å²) in [6.45, 7) is 0. The second-order valence-corrected chi connectivity index (χ2v) is 3.09. The van der Waals surface area contributed by atoms with Crippen molar-refractivity contribution >= 4 is 16.9 Å². The molecule has 1 heterocycles. The van der Waals surface area contributed by atoms with E-state index in [1.165, 1.54) is 0 Å². The van der Waals surface area contributed by atoms with Crippen LogP contribution >= 0.6 is 0 Å². The first kappa shape index (κ1) is 8.68. The number of primary amides is 1. The molecule has 0 aliphatic heterocycles. The molecule has 0 fully saturated rings. The zero-order valence-electron chi connectivity index (χ0n) is 7.53. The van der Waals surface area contributed by atoms with Gasteiger partial charge in [0.25, 0.3) is 0 Å². The van der Waals surface area contributed by atoms with Crippen molar-refractivity contribution in [3.05, 3.63) is 23.8 Å². The predicted octanol–water partition coefficient (Wildman–Crippen LogP) is 0.376. The largest absolute Gasteiger partial charge is 0.370 e. The van der Waals surface area contributed by atoms with Gasteiger partial charge in [0.15, 0.2) is 0 Å². The molecule has 1 aromatic heterocycles. The Bertz CT molecular complexity index is 463. The maximum absolute atomic E-state index is 10.6. The summed E-state index contributed by atoms with van der Waals surface area (Å²) in [6, 6.07) is 5.72. The van der Waals surface area contributed by atoms with Crippen LogP contribution in [0, 0.1) is 0 Å². The third-order valence-electron chi connectivity index (χ3n) is 2.08. The van der Waals surface area contributed by atoms with Gasteiger partial charge >= 0.3 is 0 Å². The van der Waals surface area contributed by atoms with Gasteiger partial charge in [-0.2, -0.15) is 0 Å². The van der Waals surface area contributed by atoms with E-state index < -0.39 is 0 Å².